The minimum atomic E-state index is -1.91. The highest BCUT2D eigenvalue weighted by Gasteiger charge is 2.43. The molecule has 0 unspecified atom stereocenters. The zero-order valence-electron chi connectivity index (χ0n) is 14.1. The van der Waals surface area contributed by atoms with Crippen LogP contribution in [0.2, 0.25) is 23.2 Å². The normalized spacial score (nSPS) is 19.8. The highest BCUT2D eigenvalue weighted by atomic mass is 35.5. The van der Waals surface area contributed by atoms with E-state index in [-0.39, 0.29) is 17.0 Å². The summed E-state index contributed by atoms with van der Waals surface area (Å²) in [6, 6.07) is 7.66. The number of carbonyl (C=O) groups excluding carboxylic acids is 1. The van der Waals surface area contributed by atoms with Gasteiger partial charge in [-0.2, -0.15) is 0 Å². The number of hydrogen-bond donors (Lipinski definition) is 0. The Kier molecular flexibility index (Phi) is 5.05. The Morgan fingerprint density at radius 2 is 1.86 bits per heavy atom. The third-order valence-electron chi connectivity index (χ3n) is 4.78. The maximum Gasteiger partial charge on any atom is 0.250 e. The molecule has 1 atom stereocenters. The van der Waals surface area contributed by atoms with Crippen molar-refractivity contribution in [3.63, 3.8) is 0 Å². The van der Waals surface area contributed by atoms with E-state index in [1.807, 2.05) is 29.2 Å². The van der Waals surface area contributed by atoms with Crippen LogP contribution in [0.3, 0.4) is 0 Å². The van der Waals surface area contributed by atoms with E-state index < -0.39 is 8.32 Å². The second-order valence-corrected chi connectivity index (χ2v) is 12.7. The predicted octanol–water partition coefficient (Wildman–Crippen LogP) is 4.46. The van der Waals surface area contributed by atoms with Gasteiger partial charge in [0, 0.05) is 18.1 Å². The summed E-state index contributed by atoms with van der Waals surface area (Å²) in [6.45, 7) is 12.4. The lowest BCUT2D eigenvalue weighted by Gasteiger charge is -2.37. The Hall–Kier alpha value is -0.843. The van der Waals surface area contributed by atoms with Gasteiger partial charge in [0.2, 0.25) is 0 Å². The Balaban J connectivity index is 1.99. The lowest BCUT2D eigenvalue weighted by Crippen LogP contribution is -2.46. The fraction of sp³-hybridized carbons (Fsp3) is 0.588. The van der Waals surface area contributed by atoms with E-state index in [1.165, 1.54) is 0 Å². The summed E-state index contributed by atoms with van der Waals surface area (Å²) >= 11 is 5.90. The molecule has 0 aromatic heterocycles. The molecule has 0 aliphatic carbocycles. The SMILES string of the molecule is CC(C)(C)[Si](C)(C)O[C@H]1CCN(Cc2ccc(Cl)cc2)C1=O. The van der Waals surface area contributed by atoms with Crippen LogP contribution in [-0.4, -0.2) is 31.8 Å². The molecule has 0 bridgehead atoms. The van der Waals surface area contributed by atoms with Crippen LogP contribution in [0.1, 0.15) is 32.8 Å². The standard InChI is InChI=1S/C17H26ClNO2Si/c1-17(2,3)22(4,5)21-15-10-11-19(16(15)20)12-13-6-8-14(18)9-7-13/h6-9,15H,10-12H2,1-5H3/t15-/m0/s1. The molecule has 1 amide bonds. The molecule has 1 aromatic carbocycles. The zero-order chi connectivity index (χ0) is 16.5. The van der Waals surface area contributed by atoms with Crippen LogP contribution >= 0.6 is 11.6 Å². The summed E-state index contributed by atoms with van der Waals surface area (Å²) in [5.74, 6) is 0.125. The van der Waals surface area contributed by atoms with Crippen molar-refractivity contribution in [2.45, 2.75) is 58.0 Å². The molecular weight excluding hydrogens is 314 g/mol. The Bertz CT molecular complexity index is 537. The van der Waals surface area contributed by atoms with Gasteiger partial charge in [0.05, 0.1) is 0 Å². The maximum atomic E-state index is 12.6. The van der Waals surface area contributed by atoms with Gasteiger partial charge in [0.25, 0.3) is 5.91 Å². The van der Waals surface area contributed by atoms with Gasteiger partial charge in [-0.3, -0.25) is 4.79 Å². The summed E-state index contributed by atoms with van der Waals surface area (Å²) in [4.78, 5) is 14.5. The topological polar surface area (TPSA) is 29.5 Å². The number of hydrogen-bond acceptors (Lipinski definition) is 2. The van der Waals surface area contributed by atoms with Crippen LogP contribution < -0.4 is 0 Å². The summed E-state index contributed by atoms with van der Waals surface area (Å²) in [5, 5.41) is 0.840. The average molecular weight is 340 g/mol. The third-order valence-corrected chi connectivity index (χ3v) is 9.52. The van der Waals surface area contributed by atoms with Crippen LogP contribution in [0, 0.1) is 0 Å². The summed E-state index contributed by atoms with van der Waals surface area (Å²) < 4.78 is 6.29. The second kappa shape index (κ2) is 6.34. The molecule has 122 valence electrons. The average Bonchev–Trinajstić information content (AvgIpc) is 2.72. The van der Waals surface area contributed by atoms with Crippen molar-refractivity contribution in [3.05, 3.63) is 34.9 Å². The monoisotopic (exact) mass is 339 g/mol. The van der Waals surface area contributed by atoms with E-state index in [2.05, 4.69) is 33.9 Å². The van der Waals surface area contributed by atoms with E-state index in [9.17, 15) is 4.79 Å². The van der Waals surface area contributed by atoms with E-state index in [0.29, 0.717) is 6.54 Å². The van der Waals surface area contributed by atoms with E-state index >= 15 is 0 Å². The molecule has 1 aliphatic rings. The highest BCUT2D eigenvalue weighted by molar-refractivity contribution is 6.74. The van der Waals surface area contributed by atoms with Crippen molar-refractivity contribution >= 4 is 25.8 Å². The van der Waals surface area contributed by atoms with Gasteiger partial charge in [-0.25, -0.2) is 0 Å². The lowest BCUT2D eigenvalue weighted by molar-refractivity contribution is -0.134. The minimum Gasteiger partial charge on any atom is -0.405 e. The first-order valence-electron chi connectivity index (χ1n) is 7.81. The van der Waals surface area contributed by atoms with Gasteiger partial charge in [-0.05, 0) is 42.2 Å². The summed E-state index contributed by atoms with van der Waals surface area (Å²) in [5.41, 5.74) is 1.10. The van der Waals surface area contributed by atoms with Gasteiger partial charge in [-0.15, -0.1) is 0 Å². The second-order valence-electron chi connectivity index (χ2n) is 7.54. The van der Waals surface area contributed by atoms with Gasteiger partial charge in [0.1, 0.15) is 6.10 Å². The lowest BCUT2D eigenvalue weighted by atomic mass is 10.2. The molecule has 2 rings (SSSR count). The Morgan fingerprint density at radius 1 is 1.27 bits per heavy atom. The van der Waals surface area contributed by atoms with E-state index in [1.54, 1.807) is 0 Å². The number of carbonyl (C=O) groups is 1. The van der Waals surface area contributed by atoms with Gasteiger partial charge in [-0.1, -0.05) is 44.5 Å². The quantitative estimate of drug-likeness (QED) is 0.758. The molecule has 3 nitrogen and oxygen atoms in total. The molecule has 1 fully saturated rings. The van der Waals surface area contributed by atoms with Gasteiger partial charge < -0.3 is 9.33 Å². The molecule has 1 saturated heterocycles. The first-order chi connectivity index (χ1) is 10.1. The minimum absolute atomic E-state index is 0.122. The largest absolute Gasteiger partial charge is 0.405 e. The fourth-order valence-electron chi connectivity index (χ4n) is 2.32. The van der Waals surface area contributed by atoms with Crippen molar-refractivity contribution < 1.29 is 9.22 Å². The van der Waals surface area contributed by atoms with Crippen molar-refractivity contribution in [3.8, 4) is 0 Å². The third kappa shape index (κ3) is 3.92. The molecule has 1 aromatic rings. The van der Waals surface area contributed by atoms with Gasteiger partial charge >= 0.3 is 0 Å². The molecule has 1 aliphatic heterocycles. The first-order valence-corrected chi connectivity index (χ1v) is 11.1. The Labute approximate surface area is 139 Å². The van der Waals surface area contributed by atoms with Crippen molar-refractivity contribution in [1.29, 1.82) is 0 Å². The van der Waals surface area contributed by atoms with Crippen LogP contribution in [-0.2, 0) is 15.8 Å². The van der Waals surface area contributed by atoms with Crippen LogP contribution in [0.5, 0.6) is 0 Å². The first kappa shape index (κ1) is 17.5. The summed E-state index contributed by atoms with van der Waals surface area (Å²) in [7, 11) is -1.91. The Morgan fingerprint density at radius 3 is 2.41 bits per heavy atom. The van der Waals surface area contributed by atoms with E-state index in [0.717, 1.165) is 23.6 Å². The molecule has 0 N–H and O–H groups in total. The van der Waals surface area contributed by atoms with Crippen LogP contribution in [0.4, 0.5) is 0 Å². The number of likely N-dealkylation sites (tertiary alicyclic amines) is 1. The zero-order valence-corrected chi connectivity index (χ0v) is 15.9. The van der Waals surface area contributed by atoms with Crippen molar-refractivity contribution in [2.75, 3.05) is 6.54 Å². The number of rotatable bonds is 4. The molecule has 1 heterocycles. The molecule has 5 heteroatoms. The number of amides is 1. The fourth-order valence-corrected chi connectivity index (χ4v) is 3.73. The van der Waals surface area contributed by atoms with Crippen LogP contribution in [0.25, 0.3) is 0 Å². The number of benzene rings is 1. The maximum absolute atomic E-state index is 12.6. The summed E-state index contributed by atoms with van der Waals surface area (Å²) in [6.07, 6.45) is 0.520. The van der Waals surface area contributed by atoms with E-state index in [4.69, 9.17) is 16.0 Å². The van der Waals surface area contributed by atoms with Crippen LogP contribution in [0.15, 0.2) is 24.3 Å². The number of nitrogens with zero attached hydrogens (tertiary/aromatic N) is 1. The molecule has 0 spiro atoms. The number of halogens is 1. The predicted molar refractivity (Wildman–Crippen MR) is 93.6 cm³/mol. The smallest absolute Gasteiger partial charge is 0.250 e. The molecule has 0 radical (unpaired) electrons. The van der Waals surface area contributed by atoms with Gasteiger partial charge in [0.15, 0.2) is 8.32 Å². The van der Waals surface area contributed by atoms with Crippen molar-refractivity contribution in [2.24, 2.45) is 0 Å². The van der Waals surface area contributed by atoms with Crippen molar-refractivity contribution in [1.82, 2.24) is 4.90 Å². The molecule has 0 saturated carbocycles. The highest BCUT2D eigenvalue weighted by Crippen LogP contribution is 2.38. The molecule has 22 heavy (non-hydrogen) atoms. The molecular formula is C17H26ClNO2Si.